The van der Waals surface area contributed by atoms with Crippen LogP contribution in [0.3, 0.4) is 0 Å². The second-order valence-corrected chi connectivity index (χ2v) is 8.85. The van der Waals surface area contributed by atoms with Crippen LogP contribution < -0.4 is 4.74 Å². The zero-order valence-electron chi connectivity index (χ0n) is 17.5. The molecule has 0 N–H and O–H groups in total. The number of hydrogen-bond acceptors (Lipinski definition) is 8. The van der Waals surface area contributed by atoms with E-state index in [0.29, 0.717) is 12.3 Å². The molecule has 0 amide bonds. The number of ether oxygens (including phenoxy) is 1. The van der Waals surface area contributed by atoms with Crippen molar-refractivity contribution in [2.75, 3.05) is 7.11 Å². The van der Waals surface area contributed by atoms with Crippen LogP contribution in [0.15, 0.2) is 74.2 Å². The Hall–Kier alpha value is -3.30. The predicted molar refractivity (Wildman–Crippen MR) is 124 cm³/mol. The summed E-state index contributed by atoms with van der Waals surface area (Å²) < 4.78 is 18.7. The van der Waals surface area contributed by atoms with Crippen LogP contribution in [0.25, 0.3) is 22.2 Å². The SMILES string of the molecule is COc1cccc(-c2nnc(SCc3csc(-c4ccc(C)o4)n3)n2Cc2ccco2)c1. The minimum atomic E-state index is 0.531. The molecule has 0 aliphatic carbocycles. The van der Waals surface area contributed by atoms with E-state index in [-0.39, 0.29) is 0 Å². The molecule has 0 saturated carbocycles. The summed E-state index contributed by atoms with van der Waals surface area (Å²) in [6.45, 7) is 2.46. The van der Waals surface area contributed by atoms with E-state index in [1.54, 1.807) is 36.5 Å². The lowest BCUT2D eigenvalue weighted by molar-refractivity contribution is 0.415. The average Bonchev–Trinajstić information content (AvgIpc) is 3.61. The van der Waals surface area contributed by atoms with Crippen molar-refractivity contribution < 1.29 is 13.6 Å². The highest BCUT2D eigenvalue weighted by molar-refractivity contribution is 7.98. The second kappa shape index (κ2) is 9.05. The van der Waals surface area contributed by atoms with Gasteiger partial charge in [-0.05, 0) is 43.3 Å². The van der Waals surface area contributed by atoms with Gasteiger partial charge in [0.05, 0.1) is 25.6 Å². The Morgan fingerprint density at radius 3 is 2.84 bits per heavy atom. The van der Waals surface area contributed by atoms with Crippen molar-refractivity contribution in [1.29, 1.82) is 0 Å². The quantitative estimate of drug-likeness (QED) is 0.264. The molecule has 1 aromatic carbocycles. The van der Waals surface area contributed by atoms with Crippen molar-refractivity contribution in [3.8, 4) is 27.9 Å². The van der Waals surface area contributed by atoms with Gasteiger partial charge in [0.1, 0.15) is 17.3 Å². The van der Waals surface area contributed by atoms with Gasteiger partial charge in [-0.2, -0.15) is 0 Å². The zero-order valence-corrected chi connectivity index (χ0v) is 19.2. The van der Waals surface area contributed by atoms with Gasteiger partial charge in [-0.1, -0.05) is 23.9 Å². The fourth-order valence-corrected chi connectivity index (χ4v) is 4.96. The summed E-state index contributed by atoms with van der Waals surface area (Å²) in [5.41, 5.74) is 1.90. The summed E-state index contributed by atoms with van der Waals surface area (Å²) >= 11 is 3.17. The topological polar surface area (TPSA) is 79.1 Å². The summed E-state index contributed by atoms with van der Waals surface area (Å²) in [6.07, 6.45) is 1.67. The molecule has 162 valence electrons. The van der Waals surface area contributed by atoms with Gasteiger partial charge < -0.3 is 13.6 Å². The number of nitrogens with zero attached hydrogens (tertiary/aromatic N) is 4. The van der Waals surface area contributed by atoms with Gasteiger partial charge in [0, 0.05) is 16.7 Å². The highest BCUT2D eigenvalue weighted by atomic mass is 32.2. The smallest absolute Gasteiger partial charge is 0.192 e. The monoisotopic (exact) mass is 464 g/mol. The fourth-order valence-electron chi connectivity index (χ4n) is 3.25. The van der Waals surface area contributed by atoms with Crippen LogP contribution in [-0.2, 0) is 12.3 Å². The highest BCUT2D eigenvalue weighted by Gasteiger charge is 2.17. The number of benzene rings is 1. The third-order valence-corrected chi connectivity index (χ3v) is 6.70. The molecule has 5 aromatic rings. The summed E-state index contributed by atoms with van der Waals surface area (Å²) in [4.78, 5) is 4.71. The maximum absolute atomic E-state index is 5.69. The molecule has 32 heavy (non-hydrogen) atoms. The Morgan fingerprint density at radius 2 is 2.06 bits per heavy atom. The van der Waals surface area contributed by atoms with E-state index in [1.165, 1.54) is 0 Å². The lowest BCUT2D eigenvalue weighted by Gasteiger charge is -2.09. The third kappa shape index (κ3) is 4.35. The number of thiazole rings is 1. The van der Waals surface area contributed by atoms with Crippen LogP contribution >= 0.6 is 23.1 Å². The first-order chi connectivity index (χ1) is 15.7. The number of hydrogen-bond donors (Lipinski definition) is 0. The lowest BCUT2D eigenvalue weighted by Crippen LogP contribution is -2.03. The van der Waals surface area contributed by atoms with Crippen LogP contribution in [0.5, 0.6) is 5.75 Å². The third-order valence-electron chi connectivity index (χ3n) is 4.79. The van der Waals surface area contributed by atoms with E-state index in [1.807, 2.05) is 55.5 Å². The van der Waals surface area contributed by atoms with Gasteiger partial charge in [-0.3, -0.25) is 4.57 Å². The number of aromatic nitrogens is 4. The van der Waals surface area contributed by atoms with Crippen molar-refractivity contribution in [3.63, 3.8) is 0 Å². The molecule has 0 aliphatic rings. The van der Waals surface area contributed by atoms with Crippen molar-refractivity contribution in [3.05, 3.63) is 77.4 Å². The Kier molecular flexibility index (Phi) is 5.83. The minimum absolute atomic E-state index is 0.531. The molecule has 0 radical (unpaired) electrons. The number of furan rings is 2. The summed E-state index contributed by atoms with van der Waals surface area (Å²) in [7, 11) is 1.65. The van der Waals surface area contributed by atoms with E-state index < -0.39 is 0 Å². The zero-order chi connectivity index (χ0) is 21.9. The first kappa shape index (κ1) is 20.6. The van der Waals surface area contributed by atoms with Crippen LogP contribution in [0.2, 0.25) is 0 Å². The Balaban J connectivity index is 1.41. The summed E-state index contributed by atoms with van der Waals surface area (Å²) in [5.74, 6) is 4.71. The maximum Gasteiger partial charge on any atom is 0.192 e. The van der Waals surface area contributed by atoms with E-state index in [2.05, 4.69) is 20.1 Å². The molecule has 4 aromatic heterocycles. The molecule has 7 nitrogen and oxygen atoms in total. The van der Waals surface area contributed by atoms with Crippen LogP contribution in [0.4, 0.5) is 0 Å². The molecule has 0 saturated heterocycles. The number of aryl methyl sites for hydroxylation is 1. The van der Waals surface area contributed by atoms with Gasteiger partial charge in [0.25, 0.3) is 0 Å². The van der Waals surface area contributed by atoms with Crippen LogP contribution in [0, 0.1) is 6.92 Å². The second-order valence-electron chi connectivity index (χ2n) is 7.05. The van der Waals surface area contributed by atoms with Gasteiger partial charge >= 0.3 is 0 Å². The average molecular weight is 465 g/mol. The predicted octanol–water partition coefficient (Wildman–Crippen LogP) is 5.91. The highest BCUT2D eigenvalue weighted by Crippen LogP contribution is 2.31. The largest absolute Gasteiger partial charge is 0.497 e. The molecule has 5 rings (SSSR count). The molecule has 0 bridgehead atoms. The number of thioether (sulfide) groups is 1. The van der Waals surface area contributed by atoms with Crippen molar-refractivity contribution >= 4 is 23.1 Å². The van der Waals surface area contributed by atoms with Crippen molar-refractivity contribution in [1.82, 2.24) is 19.7 Å². The van der Waals surface area contributed by atoms with Crippen molar-refractivity contribution in [2.24, 2.45) is 0 Å². The van der Waals surface area contributed by atoms with Crippen molar-refractivity contribution in [2.45, 2.75) is 24.4 Å². The molecule has 0 aliphatic heterocycles. The van der Waals surface area contributed by atoms with Gasteiger partial charge in [-0.15, -0.1) is 21.5 Å². The van der Waals surface area contributed by atoms with E-state index in [9.17, 15) is 0 Å². The van der Waals surface area contributed by atoms with E-state index in [4.69, 9.17) is 18.6 Å². The van der Waals surface area contributed by atoms with E-state index in [0.717, 1.165) is 50.3 Å². The summed E-state index contributed by atoms with van der Waals surface area (Å²) in [5, 5.41) is 12.7. The fraction of sp³-hybridized carbons (Fsp3) is 0.174. The lowest BCUT2D eigenvalue weighted by atomic mass is 10.2. The molecular weight excluding hydrogens is 444 g/mol. The van der Waals surface area contributed by atoms with E-state index >= 15 is 0 Å². The molecule has 0 fully saturated rings. The molecule has 0 atom stereocenters. The number of methoxy groups -OCH3 is 1. The van der Waals surface area contributed by atoms with Gasteiger partial charge in [0.2, 0.25) is 0 Å². The molecule has 0 unspecified atom stereocenters. The number of rotatable bonds is 8. The Morgan fingerprint density at radius 1 is 1.12 bits per heavy atom. The van der Waals surface area contributed by atoms with Gasteiger partial charge in [0.15, 0.2) is 21.7 Å². The summed E-state index contributed by atoms with van der Waals surface area (Å²) in [6, 6.07) is 15.5. The molecular formula is C23H20N4O3S2. The maximum atomic E-state index is 5.69. The van der Waals surface area contributed by atoms with Crippen LogP contribution in [-0.4, -0.2) is 26.9 Å². The van der Waals surface area contributed by atoms with Gasteiger partial charge in [-0.25, -0.2) is 4.98 Å². The minimum Gasteiger partial charge on any atom is -0.497 e. The molecule has 9 heteroatoms. The Bertz CT molecular complexity index is 1320. The normalized spacial score (nSPS) is 11.2. The standard InChI is InChI=1S/C23H20N4O3S2/c1-15-8-9-20(30-15)22-24-17(13-31-22)14-32-23-26-25-21(16-5-3-6-18(11-16)28-2)27(23)12-19-7-4-10-29-19/h3-11,13H,12,14H2,1-2H3. The van der Waals surface area contributed by atoms with Crippen LogP contribution in [0.1, 0.15) is 17.2 Å². The molecule has 4 heterocycles. The molecule has 0 spiro atoms. The Labute approximate surface area is 193 Å². The first-order valence-electron chi connectivity index (χ1n) is 9.93. The first-order valence-corrected chi connectivity index (χ1v) is 11.8.